The highest BCUT2D eigenvalue weighted by atomic mass is 16.6. The van der Waals surface area contributed by atoms with Gasteiger partial charge in [-0.2, -0.15) is 0 Å². The molecule has 0 aromatic carbocycles. The van der Waals surface area contributed by atoms with Crippen LogP contribution in [0.3, 0.4) is 0 Å². The van der Waals surface area contributed by atoms with Gasteiger partial charge in [0.05, 0.1) is 25.7 Å². The van der Waals surface area contributed by atoms with Gasteiger partial charge in [-0.15, -0.1) is 0 Å². The molecule has 0 unspecified atom stereocenters. The minimum absolute atomic E-state index is 0.100. The van der Waals surface area contributed by atoms with Crippen LogP contribution in [0.25, 0.3) is 0 Å². The van der Waals surface area contributed by atoms with Gasteiger partial charge in [-0.1, -0.05) is 25.7 Å². The molecule has 1 saturated heterocycles. The number of carbonyl (C=O) groups is 4. The Hall–Kier alpha value is -1.96. The van der Waals surface area contributed by atoms with E-state index in [-0.39, 0.29) is 18.9 Å². The summed E-state index contributed by atoms with van der Waals surface area (Å²) in [5, 5.41) is 7.34. The fraction of sp³-hybridized carbons (Fsp3) is 0.750. The molecule has 0 aromatic heterocycles. The number of rotatable bonds is 10. The van der Waals surface area contributed by atoms with Crippen LogP contribution >= 0.6 is 0 Å². The number of ether oxygens (including phenoxy) is 1. The van der Waals surface area contributed by atoms with E-state index in [1.54, 1.807) is 6.92 Å². The fourth-order valence-electron chi connectivity index (χ4n) is 3.05. The van der Waals surface area contributed by atoms with Crippen molar-refractivity contribution in [3.63, 3.8) is 0 Å². The molecule has 134 valence electrons. The van der Waals surface area contributed by atoms with E-state index in [4.69, 9.17) is 4.74 Å². The van der Waals surface area contributed by atoms with Crippen LogP contribution in [0, 0.1) is 5.92 Å². The molecule has 3 amide bonds. The zero-order valence-corrected chi connectivity index (χ0v) is 13.9. The quantitative estimate of drug-likeness (QED) is 0.358. The second-order valence-electron chi connectivity index (χ2n) is 6.67. The van der Waals surface area contributed by atoms with Gasteiger partial charge in [0.25, 0.3) is 0 Å². The zero-order chi connectivity index (χ0) is 17.6. The monoisotopic (exact) mass is 339 g/mol. The van der Waals surface area contributed by atoms with E-state index in [1.807, 2.05) is 0 Å². The molecule has 1 aliphatic carbocycles. The van der Waals surface area contributed by atoms with Crippen LogP contribution in [0.5, 0.6) is 0 Å². The Morgan fingerprint density at radius 2 is 1.88 bits per heavy atom. The van der Waals surface area contributed by atoms with E-state index in [2.05, 4.69) is 16.0 Å². The van der Waals surface area contributed by atoms with E-state index in [1.165, 1.54) is 0 Å². The second kappa shape index (κ2) is 8.23. The molecule has 3 N–H and O–H groups in total. The van der Waals surface area contributed by atoms with Crippen molar-refractivity contribution < 1.29 is 23.9 Å². The van der Waals surface area contributed by atoms with Crippen LogP contribution in [-0.4, -0.2) is 55.3 Å². The number of epoxide rings is 1. The number of hydrogen-bond acceptors (Lipinski definition) is 5. The maximum absolute atomic E-state index is 12.6. The summed E-state index contributed by atoms with van der Waals surface area (Å²) in [6.07, 6.45) is 5.49. The molecule has 0 bridgehead atoms. The van der Waals surface area contributed by atoms with Gasteiger partial charge in [-0.3, -0.25) is 19.2 Å². The summed E-state index contributed by atoms with van der Waals surface area (Å²) in [5.74, 6) is -0.548. The topological polar surface area (TPSA) is 117 Å². The Labute approximate surface area is 141 Å². The smallest absolute Gasteiger partial charge is 0.239 e. The van der Waals surface area contributed by atoms with Crippen LogP contribution in [-0.2, 0) is 23.9 Å². The summed E-state index contributed by atoms with van der Waals surface area (Å²) in [4.78, 5) is 46.1. The first-order chi connectivity index (χ1) is 11.4. The zero-order valence-electron chi connectivity index (χ0n) is 13.9. The number of hydrogen-bond donors (Lipinski definition) is 3. The minimum atomic E-state index is -0.784. The Balaban J connectivity index is 1.84. The van der Waals surface area contributed by atoms with Crippen molar-refractivity contribution in [3.8, 4) is 0 Å². The van der Waals surface area contributed by atoms with Gasteiger partial charge in [-0.25, -0.2) is 0 Å². The predicted octanol–water partition coefficient (Wildman–Crippen LogP) is -0.728. The summed E-state index contributed by atoms with van der Waals surface area (Å²) < 4.78 is 5.22. The van der Waals surface area contributed by atoms with Crippen LogP contribution in [0.15, 0.2) is 0 Å². The molecule has 2 rings (SSSR count). The molecule has 1 heterocycles. The molecule has 1 aliphatic heterocycles. The maximum atomic E-state index is 12.6. The van der Waals surface area contributed by atoms with Gasteiger partial charge in [0.15, 0.2) is 5.78 Å². The Morgan fingerprint density at radius 3 is 2.46 bits per heavy atom. The van der Waals surface area contributed by atoms with Crippen molar-refractivity contribution in [2.45, 2.75) is 50.7 Å². The SMILES string of the molecule is C[C@]1(C(=O)[C@H](CC2CCCC2)NC(=O)CNC(=O)CNC=O)CO1. The lowest BCUT2D eigenvalue weighted by Gasteiger charge is -2.22. The third-order valence-corrected chi connectivity index (χ3v) is 4.59. The first-order valence-corrected chi connectivity index (χ1v) is 8.36. The molecule has 8 heteroatoms. The molecule has 2 atom stereocenters. The molecule has 0 spiro atoms. The van der Waals surface area contributed by atoms with Gasteiger partial charge in [-0.05, 0) is 19.3 Å². The van der Waals surface area contributed by atoms with Gasteiger partial charge < -0.3 is 20.7 Å². The fourth-order valence-corrected chi connectivity index (χ4v) is 3.05. The molecule has 0 aromatic rings. The highest BCUT2D eigenvalue weighted by Gasteiger charge is 2.50. The lowest BCUT2D eigenvalue weighted by atomic mass is 9.91. The van der Waals surface area contributed by atoms with Crippen molar-refractivity contribution in [2.75, 3.05) is 19.7 Å². The average Bonchev–Trinajstić information content (AvgIpc) is 3.10. The summed E-state index contributed by atoms with van der Waals surface area (Å²) >= 11 is 0. The molecule has 8 nitrogen and oxygen atoms in total. The van der Waals surface area contributed by atoms with Crippen LogP contribution < -0.4 is 16.0 Å². The lowest BCUT2D eigenvalue weighted by Crippen LogP contribution is -2.50. The van der Waals surface area contributed by atoms with Crippen molar-refractivity contribution in [2.24, 2.45) is 5.92 Å². The van der Waals surface area contributed by atoms with Gasteiger partial charge >= 0.3 is 0 Å². The molecule has 0 radical (unpaired) electrons. The van der Waals surface area contributed by atoms with Crippen LogP contribution in [0.4, 0.5) is 0 Å². The van der Waals surface area contributed by atoms with E-state index in [0.29, 0.717) is 25.4 Å². The number of ketones is 1. The summed E-state index contributed by atoms with van der Waals surface area (Å²) in [6, 6.07) is -0.585. The number of Topliss-reactive ketones (excluding diaryl/α,β-unsaturated/α-hetero) is 1. The number of carbonyl (C=O) groups excluding carboxylic acids is 4. The summed E-state index contributed by atoms with van der Waals surface area (Å²) in [6.45, 7) is 1.70. The van der Waals surface area contributed by atoms with Gasteiger partial charge in [0.2, 0.25) is 18.2 Å². The molecule has 1 saturated carbocycles. The predicted molar refractivity (Wildman–Crippen MR) is 84.9 cm³/mol. The molecule has 2 aliphatic rings. The van der Waals surface area contributed by atoms with Gasteiger partial charge in [0, 0.05) is 0 Å². The normalized spacial score (nSPS) is 24.0. The summed E-state index contributed by atoms with van der Waals surface area (Å²) in [5.41, 5.74) is -0.784. The van der Waals surface area contributed by atoms with Crippen LogP contribution in [0.2, 0.25) is 0 Å². The van der Waals surface area contributed by atoms with Crippen molar-refractivity contribution in [3.05, 3.63) is 0 Å². The molecular weight excluding hydrogens is 314 g/mol. The van der Waals surface area contributed by atoms with Crippen LogP contribution in [0.1, 0.15) is 39.0 Å². The molecule has 2 fully saturated rings. The van der Waals surface area contributed by atoms with Crippen molar-refractivity contribution in [1.82, 2.24) is 16.0 Å². The molecule has 24 heavy (non-hydrogen) atoms. The standard InChI is InChI=1S/C16H25N3O5/c1-16(9-24-16)15(23)12(6-11-4-2-3-5-11)19-14(22)8-18-13(21)7-17-10-20/h10-12H,2-9H2,1H3,(H,17,20)(H,18,21)(H,19,22)/t12-,16+/m0/s1. The second-order valence-corrected chi connectivity index (χ2v) is 6.67. The maximum Gasteiger partial charge on any atom is 0.239 e. The third kappa shape index (κ3) is 5.30. The average molecular weight is 339 g/mol. The third-order valence-electron chi connectivity index (χ3n) is 4.59. The minimum Gasteiger partial charge on any atom is -0.361 e. The highest BCUT2D eigenvalue weighted by molar-refractivity contribution is 5.97. The first-order valence-electron chi connectivity index (χ1n) is 8.36. The Kier molecular flexibility index (Phi) is 6.30. The number of amides is 3. The lowest BCUT2D eigenvalue weighted by molar-refractivity contribution is -0.131. The first kappa shape index (κ1) is 18.4. The number of nitrogens with one attached hydrogen (secondary N) is 3. The summed E-state index contributed by atoms with van der Waals surface area (Å²) in [7, 11) is 0. The van der Waals surface area contributed by atoms with Gasteiger partial charge in [0.1, 0.15) is 5.60 Å². The van der Waals surface area contributed by atoms with Crippen molar-refractivity contribution >= 4 is 24.0 Å². The van der Waals surface area contributed by atoms with E-state index in [0.717, 1.165) is 25.7 Å². The van der Waals surface area contributed by atoms with E-state index < -0.39 is 23.5 Å². The largest absolute Gasteiger partial charge is 0.361 e. The van der Waals surface area contributed by atoms with Crippen molar-refractivity contribution in [1.29, 1.82) is 0 Å². The Morgan fingerprint density at radius 1 is 1.21 bits per heavy atom. The van der Waals surface area contributed by atoms with E-state index in [9.17, 15) is 19.2 Å². The van der Waals surface area contributed by atoms with E-state index >= 15 is 0 Å². The Bertz CT molecular complexity index is 498. The highest BCUT2D eigenvalue weighted by Crippen LogP contribution is 2.33. The molecular formula is C16H25N3O5.